The summed E-state index contributed by atoms with van der Waals surface area (Å²) in [7, 11) is 0. The van der Waals surface area contributed by atoms with Crippen molar-refractivity contribution >= 4 is 0 Å². The molecular formula is C15H24N4. The number of likely N-dealkylation sites (tertiary alicyclic amines) is 1. The number of aromatic nitrogens is 1. The SMILES string of the molecule is c1cncc(CN2CCC(N3CCNCC3)CC2)c1. The monoisotopic (exact) mass is 260 g/mol. The van der Waals surface area contributed by atoms with Crippen molar-refractivity contribution in [1.29, 1.82) is 0 Å². The van der Waals surface area contributed by atoms with Crippen LogP contribution in [0.2, 0.25) is 0 Å². The van der Waals surface area contributed by atoms with E-state index in [0.29, 0.717) is 0 Å². The van der Waals surface area contributed by atoms with Crippen molar-refractivity contribution in [3.63, 3.8) is 0 Å². The van der Waals surface area contributed by atoms with Gasteiger partial charge in [0.1, 0.15) is 0 Å². The lowest BCUT2D eigenvalue weighted by atomic mass is 10.0. The second-order valence-electron chi connectivity index (χ2n) is 5.65. The minimum absolute atomic E-state index is 0.812. The van der Waals surface area contributed by atoms with E-state index in [2.05, 4.69) is 26.2 Å². The maximum absolute atomic E-state index is 4.20. The lowest BCUT2D eigenvalue weighted by Gasteiger charge is -2.40. The van der Waals surface area contributed by atoms with Crippen LogP contribution in [0.3, 0.4) is 0 Å². The molecule has 0 bridgehead atoms. The van der Waals surface area contributed by atoms with Crippen molar-refractivity contribution in [3.8, 4) is 0 Å². The maximum atomic E-state index is 4.20. The van der Waals surface area contributed by atoms with E-state index in [4.69, 9.17) is 0 Å². The second kappa shape index (κ2) is 6.46. The number of nitrogens with one attached hydrogen (secondary N) is 1. The van der Waals surface area contributed by atoms with E-state index in [1.165, 1.54) is 44.6 Å². The van der Waals surface area contributed by atoms with Gasteiger partial charge in [0.2, 0.25) is 0 Å². The van der Waals surface area contributed by atoms with Crippen molar-refractivity contribution in [3.05, 3.63) is 30.1 Å². The fraction of sp³-hybridized carbons (Fsp3) is 0.667. The summed E-state index contributed by atoms with van der Waals surface area (Å²) in [5.41, 5.74) is 1.34. The average molecular weight is 260 g/mol. The van der Waals surface area contributed by atoms with Crippen LogP contribution in [0.4, 0.5) is 0 Å². The number of piperidine rings is 1. The lowest BCUT2D eigenvalue weighted by molar-refractivity contribution is 0.0947. The molecule has 0 aliphatic carbocycles. The molecule has 0 aromatic carbocycles. The van der Waals surface area contributed by atoms with Gasteiger partial charge in [-0.15, -0.1) is 0 Å². The highest BCUT2D eigenvalue weighted by atomic mass is 15.2. The molecule has 0 spiro atoms. The summed E-state index contributed by atoms with van der Waals surface area (Å²) in [5, 5.41) is 3.44. The molecule has 1 aromatic rings. The molecule has 3 rings (SSSR count). The van der Waals surface area contributed by atoms with Gasteiger partial charge in [-0.3, -0.25) is 14.8 Å². The van der Waals surface area contributed by atoms with Crippen LogP contribution in [0.5, 0.6) is 0 Å². The van der Waals surface area contributed by atoms with E-state index in [9.17, 15) is 0 Å². The number of piperazine rings is 1. The fourth-order valence-electron chi connectivity index (χ4n) is 3.24. The van der Waals surface area contributed by atoms with Gasteiger partial charge in [-0.1, -0.05) is 6.07 Å². The third kappa shape index (κ3) is 3.53. The standard InChI is InChI=1S/C15H24N4/c1-2-14(12-17-5-1)13-18-8-3-15(4-9-18)19-10-6-16-7-11-19/h1-2,5,12,15-16H,3-4,6-11,13H2. The first-order valence-electron chi connectivity index (χ1n) is 7.48. The van der Waals surface area contributed by atoms with Gasteiger partial charge >= 0.3 is 0 Å². The smallest absolute Gasteiger partial charge is 0.0312 e. The summed E-state index contributed by atoms with van der Waals surface area (Å²) in [6.07, 6.45) is 6.48. The van der Waals surface area contributed by atoms with Crippen LogP contribution in [0, 0.1) is 0 Å². The van der Waals surface area contributed by atoms with Gasteiger partial charge in [-0.2, -0.15) is 0 Å². The quantitative estimate of drug-likeness (QED) is 0.877. The summed E-state index contributed by atoms with van der Waals surface area (Å²) < 4.78 is 0. The Hall–Kier alpha value is -0.970. The zero-order valence-corrected chi connectivity index (χ0v) is 11.6. The van der Waals surface area contributed by atoms with Gasteiger partial charge in [0.15, 0.2) is 0 Å². The van der Waals surface area contributed by atoms with E-state index in [1.807, 2.05) is 18.5 Å². The highest BCUT2D eigenvalue weighted by Crippen LogP contribution is 2.18. The number of nitrogens with zero attached hydrogens (tertiary/aromatic N) is 3. The Bertz CT molecular complexity index is 367. The van der Waals surface area contributed by atoms with Gasteiger partial charge in [0.25, 0.3) is 0 Å². The molecule has 2 saturated heterocycles. The Morgan fingerprint density at radius 2 is 1.95 bits per heavy atom. The van der Waals surface area contributed by atoms with Gasteiger partial charge in [0, 0.05) is 51.2 Å². The molecule has 0 unspecified atom stereocenters. The van der Waals surface area contributed by atoms with E-state index in [1.54, 1.807) is 0 Å². The molecule has 0 radical (unpaired) electrons. The van der Waals surface area contributed by atoms with Crippen molar-refractivity contribution in [2.45, 2.75) is 25.4 Å². The Morgan fingerprint density at radius 1 is 1.16 bits per heavy atom. The first-order chi connectivity index (χ1) is 9.42. The van der Waals surface area contributed by atoms with Crippen molar-refractivity contribution in [2.24, 2.45) is 0 Å². The van der Waals surface area contributed by atoms with Crippen LogP contribution < -0.4 is 5.32 Å². The number of rotatable bonds is 3. The predicted molar refractivity (Wildman–Crippen MR) is 77.0 cm³/mol. The first-order valence-corrected chi connectivity index (χ1v) is 7.48. The molecule has 0 atom stereocenters. The molecule has 4 heteroatoms. The zero-order chi connectivity index (χ0) is 12.9. The van der Waals surface area contributed by atoms with Crippen molar-refractivity contribution in [2.75, 3.05) is 39.3 Å². The minimum Gasteiger partial charge on any atom is -0.314 e. The first kappa shape index (κ1) is 13.0. The highest BCUT2D eigenvalue weighted by molar-refractivity contribution is 5.08. The van der Waals surface area contributed by atoms with Gasteiger partial charge in [0.05, 0.1) is 0 Å². The average Bonchev–Trinajstić information content (AvgIpc) is 2.50. The normalized spacial score (nSPS) is 23.6. The number of pyridine rings is 1. The van der Waals surface area contributed by atoms with E-state index in [0.717, 1.165) is 25.7 Å². The van der Waals surface area contributed by atoms with Crippen LogP contribution in [0.15, 0.2) is 24.5 Å². The van der Waals surface area contributed by atoms with Crippen LogP contribution in [0.25, 0.3) is 0 Å². The van der Waals surface area contributed by atoms with Gasteiger partial charge in [-0.25, -0.2) is 0 Å². The Kier molecular flexibility index (Phi) is 4.43. The molecule has 1 N–H and O–H groups in total. The highest BCUT2D eigenvalue weighted by Gasteiger charge is 2.25. The summed E-state index contributed by atoms with van der Waals surface area (Å²) in [6, 6.07) is 5.02. The van der Waals surface area contributed by atoms with Crippen LogP contribution in [0.1, 0.15) is 18.4 Å². The molecule has 2 fully saturated rings. The largest absolute Gasteiger partial charge is 0.314 e. The van der Waals surface area contributed by atoms with Crippen molar-refractivity contribution in [1.82, 2.24) is 20.1 Å². The Morgan fingerprint density at radius 3 is 2.63 bits per heavy atom. The third-order valence-corrected chi connectivity index (χ3v) is 4.35. The third-order valence-electron chi connectivity index (χ3n) is 4.35. The Labute approximate surface area is 115 Å². The van der Waals surface area contributed by atoms with Crippen LogP contribution in [-0.2, 0) is 6.54 Å². The van der Waals surface area contributed by atoms with Crippen molar-refractivity contribution < 1.29 is 0 Å². The molecule has 2 aliphatic heterocycles. The molecule has 19 heavy (non-hydrogen) atoms. The number of hydrogen-bond donors (Lipinski definition) is 1. The Balaban J connectivity index is 1.46. The minimum atomic E-state index is 0.812. The van der Waals surface area contributed by atoms with Crippen LogP contribution in [-0.4, -0.2) is 60.1 Å². The molecule has 0 saturated carbocycles. The summed E-state index contributed by atoms with van der Waals surface area (Å²) in [5.74, 6) is 0. The van der Waals surface area contributed by atoms with E-state index >= 15 is 0 Å². The molecular weight excluding hydrogens is 236 g/mol. The topological polar surface area (TPSA) is 31.4 Å². The molecule has 4 nitrogen and oxygen atoms in total. The van der Waals surface area contributed by atoms with Crippen LogP contribution >= 0.6 is 0 Å². The molecule has 104 valence electrons. The molecule has 0 amide bonds. The second-order valence-corrected chi connectivity index (χ2v) is 5.65. The molecule has 1 aromatic heterocycles. The van der Waals surface area contributed by atoms with E-state index < -0.39 is 0 Å². The van der Waals surface area contributed by atoms with Gasteiger partial charge < -0.3 is 5.32 Å². The van der Waals surface area contributed by atoms with Gasteiger partial charge in [-0.05, 0) is 37.6 Å². The lowest BCUT2D eigenvalue weighted by Crippen LogP contribution is -2.51. The summed E-state index contributed by atoms with van der Waals surface area (Å²) >= 11 is 0. The zero-order valence-electron chi connectivity index (χ0n) is 11.6. The summed E-state index contributed by atoms with van der Waals surface area (Å²) in [4.78, 5) is 9.44. The van der Waals surface area contributed by atoms with E-state index in [-0.39, 0.29) is 0 Å². The summed E-state index contributed by atoms with van der Waals surface area (Å²) in [6.45, 7) is 8.29. The fourth-order valence-corrected chi connectivity index (χ4v) is 3.24. The molecule has 2 aliphatic rings. The number of hydrogen-bond acceptors (Lipinski definition) is 4. The predicted octanol–water partition coefficient (Wildman–Crippen LogP) is 0.951. The maximum Gasteiger partial charge on any atom is 0.0312 e. The molecule has 3 heterocycles.